The van der Waals surface area contributed by atoms with Gasteiger partial charge in [0.1, 0.15) is 11.4 Å². The van der Waals surface area contributed by atoms with Crippen molar-refractivity contribution in [2.24, 2.45) is 0 Å². The molecule has 0 saturated carbocycles. The molecule has 0 bridgehead atoms. The van der Waals surface area contributed by atoms with Crippen LogP contribution in [0.4, 0.5) is 5.82 Å². The second-order valence-corrected chi connectivity index (χ2v) is 6.19. The first-order valence-corrected chi connectivity index (χ1v) is 8.18. The fourth-order valence-corrected chi connectivity index (χ4v) is 2.34. The van der Waals surface area contributed by atoms with E-state index in [0.717, 1.165) is 23.4 Å². The molecule has 5 nitrogen and oxygen atoms in total. The van der Waals surface area contributed by atoms with Gasteiger partial charge < -0.3 is 15.7 Å². The number of pyridine rings is 1. The summed E-state index contributed by atoms with van der Waals surface area (Å²) in [7, 11) is 0. The fraction of sp³-hybridized carbons (Fsp3) is 0.368. The molecule has 1 unspecified atom stereocenters. The van der Waals surface area contributed by atoms with E-state index < -0.39 is 5.60 Å². The molecule has 0 aliphatic carbocycles. The number of aromatic nitrogens is 1. The van der Waals surface area contributed by atoms with Crippen molar-refractivity contribution in [3.8, 4) is 0 Å². The van der Waals surface area contributed by atoms with Gasteiger partial charge in [0.05, 0.1) is 0 Å². The molecule has 128 valence electrons. The smallest absolute Gasteiger partial charge is 0.252 e. The molecule has 1 atom stereocenters. The lowest BCUT2D eigenvalue weighted by Crippen LogP contribution is -2.46. The van der Waals surface area contributed by atoms with Crippen LogP contribution in [0.2, 0.25) is 0 Å². The Balaban J connectivity index is 1.69. The van der Waals surface area contributed by atoms with Crippen LogP contribution in [0.1, 0.15) is 24.5 Å². The Hall–Kier alpha value is -2.40. The van der Waals surface area contributed by atoms with Crippen LogP contribution in [0.15, 0.2) is 48.7 Å². The first kappa shape index (κ1) is 17.9. The number of nitrogens with zero attached hydrogens (tertiary/aromatic N) is 1. The molecule has 1 heterocycles. The van der Waals surface area contributed by atoms with Crippen molar-refractivity contribution < 1.29 is 9.90 Å². The van der Waals surface area contributed by atoms with Gasteiger partial charge >= 0.3 is 0 Å². The lowest BCUT2D eigenvalue weighted by molar-refractivity contribution is -0.137. The summed E-state index contributed by atoms with van der Waals surface area (Å²) in [6, 6.07) is 13.4. The predicted molar refractivity (Wildman–Crippen MR) is 95.9 cm³/mol. The van der Waals surface area contributed by atoms with Crippen molar-refractivity contribution in [2.75, 3.05) is 18.4 Å². The van der Waals surface area contributed by atoms with E-state index in [1.807, 2.05) is 55.6 Å². The average molecular weight is 327 g/mol. The van der Waals surface area contributed by atoms with Crippen LogP contribution in [0.25, 0.3) is 0 Å². The molecule has 2 aromatic rings. The van der Waals surface area contributed by atoms with Gasteiger partial charge in [-0.15, -0.1) is 0 Å². The molecular formula is C19H25N3O2. The highest BCUT2D eigenvalue weighted by Crippen LogP contribution is 2.13. The van der Waals surface area contributed by atoms with Crippen molar-refractivity contribution in [1.82, 2.24) is 10.3 Å². The number of aliphatic hydroxyl groups is 1. The Morgan fingerprint density at radius 2 is 1.92 bits per heavy atom. The summed E-state index contributed by atoms with van der Waals surface area (Å²) in [6.07, 6.45) is 2.86. The van der Waals surface area contributed by atoms with Gasteiger partial charge in [0.15, 0.2) is 0 Å². The van der Waals surface area contributed by atoms with Gasteiger partial charge in [0.25, 0.3) is 5.91 Å². The van der Waals surface area contributed by atoms with Crippen molar-refractivity contribution >= 4 is 11.7 Å². The zero-order chi connectivity index (χ0) is 17.4. The quantitative estimate of drug-likeness (QED) is 0.651. The van der Waals surface area contributed by atoms with E-state index in [2.05, 4.69) is 15.6 Å². The molecule has 0 fully saturated rings. The van der Waals surface area contributed by atoms with E-state index in [-0.39, 0.29) is 5.91 Å². The van der Waals surface area contributed by atoms with Crippen molar-refractivity contribution in [1.29, 1.82) is 0 Å². The summed E-state index contributed by atoms with van der Waals surface area (Å²) in [5.74, 6) is 0.475. The van der Waals surface area contributed by atoms with Gasteiger partial charge in [0.2, 0.25) is 0 Å². The van der Waals surface area contributed by atoms with E-state index in [0.29, 0.717) is 19.5 Å². The van der Waals surface area contributed by atoms with E-state index in [1.54, 1.807) is 6.92 Å². The molecule has 0 aliphatic heterocycles. The molecule has 0 saturated heterocycles. The number of hydrogen-bond donors (Lipinski definition) is 3. The average Bonchev–Trinajstić information content (AvgIpc) is 2.56. The number of benzene rings is 1. The molecule has 0 spiro atoms. The summed E-state index contributed by atoms with van der Waals surface area (Å²) in [6.45, 7) is 4.75. The standard InChI is InChI=1S/C19H25N3O2/c1-15-9-10-17(22-14-15)20-11-6-12-21-18(23)19(2,24)13-16-7-4-3-5-8-16/h3-5,7-10,14,24H,6,11-13H2,1-2H3,(H,20,22)(H,21,23). The zero-order valence-electron chi connectivity index (χ0n) is 14.2. The predicted octanol–water partition coefficient (Wildman–Crippen LogP) is 2.30. The molecular weight excluding hydrogens is 302 g/mol. The van der Waals surface area contributed by atoms with Gasteiger partial charge in [-0.25, -0.2) is 4.98 Å². The van der Waals surface area contributed by atoms with Gasteiger partial charge in [-0.3, -0.25) is 4.79 Å². The van der Waals surface area contributed by atoms with E-state index in [9.17, 15) is 9.90 Å². The Morgan fingerprint density at radius 3 is 2.58 bits per heavy atom. The highest BCUT2D eigenvalue weighted by Gasteiger charge is 2.29. The Bertz CT molecular complexity index is 639. The summed E-state index contributed by atoms with van der Waals surface area (Å²) in [5.41, 5.74) is 0.644. The third-order valence-electron chi connectivity index (χ3n) is 3.74. The first-order valence-electron chi connectivity index (χ1n) is 8.18. The van der Waals surface area contributed by atoms with Crippen LogP contribution in [0, 0.1) is 6.92 Å². The topological polar surface area (TPSA) is 74.2 Å². The molecule has 0 aliphatic rings. The highest BCUT2D eigenvalue weighted by atomic mass is 16.3. The van der Waals surface area contributed by atoms with Crippen LogP contribution in [0.5, 0.6) is 0 Å². The Kier molecular flexibility index (Phi) is 6.32. The third kappa shape index (κ3) is 5.66. The number of rotatable bonds is 8. The number of amides is 1. The maximum absolute atomic E-state index is 12.1. The molecule has 5 heteroatoms. The first-order chi connectivity index (χ1) is 11.5. The highest BCUT2D eigenvalue weighted by molar-refractivity contribution is 5.84. The second-order valence-electron chi connectivity index (χ2n) is 6.19. The fourth-order valence-electron chi connectivity index (χ4n) is 2.34. The lowest BCUT2D eigenvalue weighted by Gasteiger charge is -2.22. The Morgan fingerprint density at radius 1 is 1.17 bits per heavy atom. The lowest BCUT2D eigenvalue weighted by atomic mass is 9.95. The maximum Gasteiger partial charge on any atom is 0.252 e. The van der Waals surface area contributed by atoms with Gasteiger partial charge in [-0.05, 0) is 37.5 Å². The number of hydrogen-bond acceptors (Lipinski definition) is 4. The van der Waals surface area contributed by atoms with Crippen LogP contribution in [0.3, 0.4) is 0 Å². The van der Waals surface area contributed by atoms with Gasteiger partial charge in [-0.2, -0.15) is 0 Å². The second kappa shape index (κ2) is 8.45. The van der Waals surface area contributed by atoms with Gasteiger partial charge in [0, 0.05) is 25.7 Å². The van der Waals surface area contributed by atoms with Crippen LogP contribution in [-0.2, 0) is 11.2 Å². The van der Waals surface area contributed by atoms with Gasteiger partial charge in [-0.1, -0.05) is 36.4 Å². The molecule has 1 aromatic carbocycles. The van der Waals surface area contributed by atoms with Crippen molar-refractivity contribution in [3.63, 3.8) is 0 Å². The SMILES string of the molecule is Cc1ccc(NCCCNC(=O)C(C)(O)Cc2ccccc2)nc1. The largest absolute Gasteiger partial charge is 0.380 e. The Labute approximate surface area is 143 Å². The van der Waals surface area contributed by atoms with Crippen LogP contribution in [-0.4, -0.2) is 34.7 Å². The summed E-state index contributed by atoms with van der Waals surface area (Å²) in [5, 5.41) is 16.3. The summed E-state index contributed by atoms with van der Waals surface area (Å²) < 4.78 is 0. The minimum atomic E-state index is -1.41. The number of nitrogens with one attached hydrogen (secondary N) is 2. The number of anilines is 1. The van der Waals surface area contributed by atoms with E-state index in [1.165, 1.54) is 0 Å². The van der Waals surface area contributed by atoms with Crippen molar-refractivity contribution in [2.45, 2.75) is 32.3 Å². The monoisotopic (exact) mass is 327 g/mol. The zero-order valence-corrected chi connectivity index (χ0v) is 14.2. The number of aryl methyl sites for hydroxylation is 1. The maximum atomic E-state index is 12.1. The molecule has 3 N–H and O–H groups in total. The van der Waals surface area contributed by atoms with Crippen LogP contribution >= 0.6 is 0 Å². The minimum absolute atomic E-state index is 0.297. The van der Waals surface area contributed by atoms with Crippen molar-refractivity contribution in [3.05, 3.63) is 59.8 Å². The van der Waals surface area contributed by atoms with E-state index >= 15 is 0 Å². The van der Waals surface area contributed by atoms with Crippen LogP contribution < -0.4 is 10.6 Å². The molecule has 2 rings (SSSR count). The van der Waals surface area contributed by atoms with E-state index in [4.69, 9.17) is 0 Å². The summed E-state index contributed by atoms with van der Waals surface area (Å²) >= 11 is 0. The normalized spacial score (nSPS) is 13.1. The number of carbonyl (C=O) groups excluding carboxylic acids is 1. The number of carbonyl (C=O) groups is 1. The summed E-state index contributed by atoms with van der Waals surface area (Å²) in [4.78, 5) is 16.4. The molecule has 1 amide bonds. The molecule has 1 aromatic heterocycles. The molecule has 0 radical (unpaired) electrons. The third-order valence-corrected chi connectivity index (χ3v) is 3.74. The molecule has 24 heavy (non-hydrogen) atoms. The minimum Gasteiger partial charge on any atom is -0.380 e.